The lowest BCUT2D eigenvalue weighted by Crippen LogP contribution is -2.53. The molecule has 0 bridgehead atoms. The summed E-state index contributed by atoms with van der Waals surface area (Å²) < 4.78 is 11.3. The number of amides is 3. The maximum absolute atomic E-state index is 13.1. The average Bonchev–Trinajstić information content (AvgIpc) is 2.79. The summed E-state index contributed by atoms with van der Waals surface area (Å²) in [5.41, 5.74) is 0.00741. The molecule has 1 aliphatic carbocycles. The van der Waals surface area contributed by atoms with E-state index in [1.165, 1.54) is 4.90 Å². The Bertz CT molecular complexity index is 753. The van der Waals surface area contributed by atoms with Crippen LogP contribution in [-0.4, -0.2) is 35.6 Å². The number of hydrogen-bond donors (Lipinski definition) is 1. The molecule has 0 unspecified atom stereocenters. The molecule has 1 aromatic rings. The van der Waals surface area contributed by atoms with E-state index < -0.39 is 5.54 Å². The van der Waals surface area contributed by atoms with Gasteiger partial charge < -0.3 is 14.8 Å². The van der Waals surface area contributed by atoms with Crippen molar-refractivity contribution in [2.45, 2.75) is 51.1 Å². The van der Waals surface area contributed by atoms with Crippen LogP contribution in [0, 0.1) is 5.92 Å². The van der Waals surface area contributed by atoms with E-state index in [0.717, 1.165) is 31.2 Å². The molecule has 1 spiro atoms. The van der Waals surface area contributed by atoms with Gasteiger partial charge in [-0.1, -0.05) is 31.4 Å². The number of carbonyl (C=O) groups excluding carboxylic acids is 2. The molecule has 6 nitrogen and oxygen atoms in total. The van der Waals surface area contributed by atoms with E-state index in [1.807, 2.05) is 13.0 Å². The van der Waals surface area contributed by atoms with Gasteiger partial charge in [0.1, 0.15) is 5.54 Å². The largest absolute Gasteiger partial charge is 0.489 e. The second kappa shape index (κ2) is 6.65. The molecule has 1 aromatic carbocycles. The van der Waals surface area contributed by atoms with Crippen LogP contribution in [0.2, 0.25) is 5.02 Å². The van der Waals surface area contributed by atoms with Gasteiger partial charge in [0.2, 0.25) is 0 Å². The van der Waals surface area contributed by atoms with Crippen molar-refractivity contribution >= 4 is 23.5 Å². The Morgan fingerprint density at radius 1 is 1.23 bits per heavy atom. The first-order chi connectivity index (χ1) is 12.5. The monoisotopic (exact) mass is 378 g/mol. The summed E-state index contributed by atoms with van der Waals surface area (Å²) in [5, 5.41) is 3.41. The van der Waals surface area contributed by atoms with Gasteiger partial charge in [-0.05, 0) is 36.5 Å². The van der Waals surface area contributed by atoms with E-state index in [1.54, 1.807) is 6.07 Å². The molecule has 1 saturated heterocycles. The highest BCUT2D eigenvalue weighted by Crippen LogP contribution is 2.41. The number of imide groups is 1. The van der Waals surface area contributed by atoms with E-state index in [-0.39, 0.29) is 24.4 Å². The summed E-state index contributed by atoms with van der Waals surface area (Å²) in [6.07, 6.45) is 4.50. The second-order valence-electron chi connectivity index (χ2n) is 7.40. The van der Waals surface area contributed by atoms with Gasteiger partial charge in [0.05, 0.1) is 24.8 Å². The molecule has 0 radical (unpaired) electrons. The van der Waals surface area contributed by atoms with Gasteiger partial charge in [-0.15, -0.1) is 0 Å². The van der Waals surface area contributed by atoms with E-state index >= 15 is 0 Å². The van der Waals surface area contributed by atoms with Crippen molar-refractivity contribution in [2.24, 2.45) is 5.92 Å². The topological polar surface area (TPSA) is 67.9 Å². The molecule has 2 aliphatic heterocycles. The highest BCUT2D eigenvalue weighted by Gasteiger charge is 2.54. The van der Waals surface area contributed by atoms with Gasteiger partial charge in [0.25, 0.3) is 5.91 Å². The van der Waals surface area contributed by atoms with Crippen LogP contribution in [0.1, 0.15) is 44.6 Å². The molecule has 3 amide bonds. The van der Waals surface area contributed by atoms with Gasteiger partial charge in [-0.2, -0.15) is 0 Å². The van der Waals surface area contributed by atoms with Crippen molar-refractivity contribution in [3.63, 3.8) is 0 Å². The number of hydrogen-bond acceptors (Lipinski definition) is 4. The van der Waals surface area contributed by atoms with Crippen molar-refractivity contribution in [3.8, 4) is 11.5 Å². The summed E-state index contributed by atoms with van der Waals surface area (Å²) in [4.78, 5) is 26.9. The lowest BCUT2D eigenvalue weighted by molar-refractivity contribution is -0.134. The van der Waals surface area contributed by atoms with E-state index in [2.05, 4.69) is 5.32 Å². The minimum atomic E-state index is -0.746. The van der Waals surface area contributed by atoms with Crippen LogP contribution < -0.4 is 14.8 Å². The molecule has 1 N–H and O–H groups in total. The van der Waals surface area contributed by atoms with Crippen molar-refractivity contribution in [1.29, 1.82) is 0 Å². The molecule has 7 heteroatoms. The fourth-order valence-electron chi connectivity index (χ4n) is 4.20. The van der Waals surface area contributed by atoms with Crippen LogP contribution >= 0.6 is 11.6 Å². The number of carbonyl (C=O) groups is 2. The molecule has 1 saturated carbocycles. The predicted octanol–water partition coefficient (Wildman–Crippen LogP) is 3.50. The average molecular weight is 379 g/mol. The molecule has 3 aliphatic rings. The Morgan fingerprint density at radius 2 is 2.04 bits per heavy atom. The van der Waals surface area contributed by atoms with Crippen LogP contribution in [0.25, 0.3) is 0 Å². The fourth-order valence-corrected chi connectivity index (χ4v) is 4.48. The van der Waals surface area contributed by atoms with Crippen molar-refractivity contribution in [1.82, 2.24) is 10.2 Å². The van der Waals surface area contributed by atoms with Crippen LogP contribution in [0.5, 0.6) is 11.5 Å². The number of benzene rings is 1. The van der Waals surface area contributed by atoms with Crippen molar-refractivity contribution in [3.05, 3.63) is 22.7 Å². The lowest BCUT2D eigenvalue weighted by atomic mass is 9.73. The molecule has 4 rings (SSSR count). The lowest BCUT2D eigenvalue weighted by Gasteiger charge is -2.36. The molecule has 0 aromatic heterocycles. The van der Waals surface area contributed by atoms with Crippen LogP contribution in [-0.2, 0) is 11.3 Å². The zero-order valence-electron chi connectivity index (χ0n) is 14.8. The third kappa shape index (κ3) is 2.80. The number of nitrogens with zero attached hydrogens (tertiary/aromatic N) is 1. The third-order valence-electron chi connectivity index (χ3n) is 5.70. The standard InChI is InChI=1S/C19H23ClN2O4/c1-12-5-2-3-6-19(12)17(23)22(18(24)21-19)11-13-9-14(20)16-15(10-13)25-7-4-8-26-16/h9-10,12H,2-8,11H2,1H3,(H,21,24)/t12-,19-/m1/s1. The quantitative estimate of drug-likeness (QED) is 0.800. The first-order valence-electron chi connectivity index (χ1n) is 9.23. The summed E-state index contributed by atoms with van der Waals surface area (Å²) in [7, 11) is 0. The number of ether oxygens (including phenoxy) is 2. The van der Waals surface area contributed by atoms with Crippen LogP contribution in [0.3, 0.4) is 0 Å². The normalized spacial score (nSPS) is 28.2. The Hall–Kier alpha value is -1.95. The molecule has 2 atom stereocenters. The fraction of sp³-hybridized carbons (Fsp3) is 0.579. The summed E-state index contributed by atoms with van der Waals surface area (Å²) in [6.45, 7) is 3.33. The molecular formula is C19H23ClN2O4. The number of fused-ring (bicyclic) bond motifs is 1. The number of rotatable bonds is 2. The second-order valence-corrected chi connectivity index (χ2v) is 7.80. The SMILES string of the molecule is C[C@@H]1CCCC[C@@]12NC(=O)N(Cc1cc(Cl)c3c(c1)OCCCO3)C2=O. The number of halogens is 1. The van der Waals surface area contributed by atoms with Gasteiger partial charge >= 0.3 is 6.03 Å². The highest BCUT2D eigenvalue weighted by molar-refractivity contribution is 6.32. The summed E-state index contributed by atoms with van der Waals surface area (Å²) >= 11 is 6.33. The first-order valence-corrected chi connectivity index (χ1v) is 9.61. The summed E-state index contributed by atoms with van der Waals surface area (Å²) in [5.74, 6) is 1.11. The van der Waals surface area contributed by atoms with Crippen LogP contribution in [0.15, 0.2) is 12.1 Å². The van der Waals surface area contributed by atoms with E-state index in [4.69, 9.17) is 21.1 Å². The summed E-state index contributed by atoms with van der Waals surface area (Å²) in [6, 6.07) is 3.22. The molecule has 140 valence electrons. The van der Waals surface area contributed by atoms with E-state index in [9.17, 15) is 9.59 Å². The minimum Gasteiger partial charge on any atom is -0.489 e. The molecule has 2 heterocycles. The highest BCUT2D eigenvalue weighted by atomic mass is 35.5. The van der Waals surface area contributed by atoms with E-state index in [0.29, 0.717) is 36.2 Å². The Balaban J connectivity index is 1.59. The molecule has 2 fully saturated rings. The smallest absolute Gasteiger partial charge is 0.325 e. The van der Waals surface area contributed by atoms with Crippen LogP contribution in [0.4, 0.5) is 4.79 Å². The van der Waals surface area contributed by atoms with Gasteiger partial charge in [-0.25, -0.2) is 4.79 Å². The maximum Gasteiger partial charge on any atom is 0.325 e. The first kappa shape index (κ1) is 17.5. The van der Waals surface area contributed by atoms with Crippen molar-refractivity contribution < 1.29 is 19.1 Å². The Morgan fingerprint density at radius 3 is 2.85 bits per heavy atom. The maximum atomic E-state index is 13.1. The molecule has 26 heavy (non-hydrogen) atoms. The van der Waals surface area contributed by atoms with Crippen molar-refractivity contribution in [2.75, 3.05) is 13.2 Å². The van der Waals surface area contributed by atoms with Gasteiger partial charge in [0, 0.05) is 6.42 Å². The minimum absolute atomic E-state index is 0.127. The van der Waals surface area contributed by atoms with Gasteiger partial charge in [-0.3, -0.25) is 9.69 Å². The molecular weight excluding hydrogens is 356 g/mol. The van der Waals surface area contributed by atoms with Gasteiger partial charge in [0.15, 0.2) is 11.5 Å². The Kier molecular flexibility index (Phi) is 4.47. The predicted molar refractivity (Wildman–Crippen MR) is 96.5 cm³/mol. The zero-order valence-corrected chi connectivity index (χ0v) is 15.6. The zero-order chi connectivity index (χ0) is 18.3. The number of urea groups is 1. The Labute approximate surface area is 157 Å². The third-order valence-corrected chi connectivity index (χ3v) is 5.98. The number of nitrogens with one attached hydrogen (secondary N) is 1.